The molecule has 2 saturated heterocycles. The SMILES string of the molecule is COC1[C@H]2OC(C)(C)O[C@@H]2O[C@@H]1CO. The molecule has 0 spiro atoms. The minimum Gasteiger partial charge on any atom is -0.394 e. The highest BCUT2D eigenvalue weighted by Crippen LogP contribution is 2.38. The van der Waals surface area contributed by atoms with E-state index in [1.54, 1.807) is 7.11 Å². The third-order valence-corrected chi connectivity index (χ3v) is 2.54. The number of rotatable bonds is 2. The zero-order chi connectivity index (χ0) is 10.3. The zero-order valence-corrected chi connectivity index (χ0v) is 8.60. The topological polar surface area (TPSA) is 57.2 Å². The number of ether oxygens (including phenoxy) is 4. The van der Waals surface area contributed by atoms with Gasteiger partial charge in [0.15, 0.2) is 12.1 Å². The van der Waals surface area contributed by atoms with Crippen LogP contribution < -0.4 is 0 Å². The van der Waals surface area contributed by atoms with Gasteiger partial charge in [-0.25, -0.2) is 0 Å². The van der Waals surface area contributed by atoms with Crippen molar-refractivity contribution in [2.45, 2.75) is 44.2 Å². The first kappa shape index (κ1) is 10.3. The predicted octanol–water partition coefficient (Wildman–Crippen LogP) is -0.130. The fourth-order valence-electron chi connectivity index (χ4n) is 1.98. The summed E-state index contributed by atoms with van der Waals surface area (Å²) >= 11 is 0. The van der Waals surface area contributed by atoms with Crippen molar-refractivity contribution in [1.82, 2.24) is 0 Å². The van der Waals surface area contributed by atoms with Gasteiger partial charge in [0.05, 0.1) is 6.61 Å². The summed E-state index contributed by atoms with van der Waals surface area (Å²) < 4.78 is 21.8. The summed E-state index contributed by atoms with van der Waals surface area (Å²) in [4.78, 5) is 0. The van der Waals surface area contributed by atoms with Crippen LogP contribution in [-0.4, -0.2) is 49.2 Å². The van der Waals surface area contributed by atoms with Gasteiger partial charge in [-0.1, -0.05) is 0 Å². The second-order valence-corrected chi connectivity index (χ2v) is 4.03. The van der Waals surface area contributed by atoms with Crippen LogP contribution in [0.5, 0.6) is 0 Å². The van der Waals surface area contributed by atoms with Crippen LogP contribution in [0, 0.1) is 0 Å². The summed E-state index contributed by atoms with van der Waals surface area (Å²) in [6.45, 7) is 3.57. The summed E-state index contributed by atoms with van der Waals surface area (Å²) in [6.07, 6.45) is -1.28. The quantitative estimate of drug-likeness (QED) is 0.679. The van der Waals surface area contributed by atoms with E-state index in [1.807, 2.05) is 13.8 Å². The van der Waals surface area contributed by atoms with E-state index in [2.05, 4.69) is 0 Å². The molecule has 1 unspecified atom stereocenters. The van der Waals surface area contributed by atoms with Crippen LogP contribution in [0.3, 0.4) is 0 Å². The van der Waals surface area contributed by atoms with Crippen molar-refractivity contribution >= 4 is 0 Å². The summed E-state index contributed by atoms with van der Waals surface area (Å²) in [5.41, 5.74) is 0. The van der Waals surface area contributed by atoms with Crippen LogP contribution in [0.15, 0.2) is 0 Å². The van der Waals surface area contributed by atoms with Gasteiger partial charge in [-0.2, -0.15) is 0 Å². The Bertz CT molecular complexity index is 217. The minimum atomic E-state index is -0.632. The molecule has 4 atom stereocenters. The lowest BCUT2D eigenvalue weighted by molar-refractivity contribution is -0.220. The molecule has 5 heteroatoms. The molecule has 2 heterocycles. The van der Waals surface area contributed by atoms with Crippen molar-refractivity contribution in [2.24, 2.45) is 0 Å². The summed E-state index contributed by atoms with van der Waals surface area (Å²) in [5.74, 6) is -0.632. The number of fused-ring (bicyclic) bond motifs is 1. The first-order valence-electron chi connectivity index (χ1n) is 4.72. The lowest BCUT2D eigenvalue weighted by Gasteiger charge is -2.23. The molecular formula is C9H16O5. The molecule has 0 aromatic carbocycles. The molecule has 82 valence electrons. The van der Waals surface area contributed by atoms with E-state index >= 15 is 0 Å². The van der Waals surface area contributed by atoms with Crippen LogP contribution in [0.2, 0.25) is 0 Å². The van der Waals surface area contributed by atoms with Gasteiger partial charge >= 0.3 is 0 Å². The van der Waals surface area contributed by atoms with Crippen LogP contribution in [-0.2, 0) is 18.9 Å². The van der Waals surface area contributed by atoms with E-state index < -0.39 is 12.1 Å². The zero-order valence-electron chi connectivity index (χ0n) is 8.60. The number of aliphatic hydroxyl groups is 1. The molecule has 0 aliphatic carbocycles. The molecule has 14 heavy (non-hydrogen) atoms. The maximum Gasteiger partial charge on any atom is 0.190 e. The van der Waals surface area contributed by atoms with E-state index in [0.29, 0.717) is 0 Å². The van der Waals surface area contributed by atoms with Crippen LogP contribution >= 0.6 is 0 Å². The molecule has 0 aromatic heterocycles. The second-order valence-electron chi connectivity index (χ2n) is 4.03. The predicted molar refractivity (Wildman–Crippen MR) is 46.6 cm³/mol. The van der Waals surface area contributed by atoms with Gasteiger partial charge in [-0.15, -0.1) is 0 Å². The Morgan fingerprint density at radius 2 is 2.07 bits per heavy atom. The molecule has 0 bridgehead atoms. The summed E-state index contributed by atoms with van der Waals surface area (Å²) in [7, 11) is 1.58. The molecule has 0 amide bonds. The second kappa shape index (κ2) is 3.43. The molecule has 5 nitrogen and oxygen atoms in total. The van der Waals surface area contributed by atoms with E-state index in [-0.39, 0.29) is 24.9 Å². The Balaban J connectivity index is 2.09. The lowest BCUT2D eigenvalue weighted by atomic mass is 10.1. The first-order valence-corrected chi connectivity index (χ1v) is 4.72. The third kappa shape index (κ3) is 1.55. The van der Waals surface area contributed by atoms with Gasteiger partial charge in [0.2, 0.25) is 0 Å². The molecule has 2 aliphatic heterocycles. The molecule has 2 rings (SSSR count). The standard InChI is InChI=1S/C9H16O5/c1-9(2)13-7-6(11-3)5(4-10)12-8(7)14-9/h5-8,10H,4H2,1-3H3/t5-,6?,7-,8+/m1/s1. The summed E-state index contributed by atoms with van der Waals surface area (Å²) in [5, 5.41) is 9.04. The maximum absolute atomic E-state index is 9.04. The molecule has 0 radical (unpaired) electrons. The Morgan fingerprint density at radius 1 is 1.36 bits per heavy atom. The van der Waals surface area contributed by atoms with E-state index in [9.17, 15) is 0 Å². The van der Waals surface area contributed by atoms with Crippen molar-refractivity contribution < 1.29 is 24.1 Å². The highest BCUT2D eigenvalue weighted by atomic mass is 16.8. The van der Waals surface area contributed by atoms with Gasteiger partial charge in [-0.3, -0.25) is 0 Å². The Kier molecular flexibility index (Phi) is 2.53. The van der Waals surface area contributed by atoms with Gasteiger partial charge < -0.3 is 24.1 Å². The normalized spacial score (nSPS) is 45.4. The van der Waals surface area contributed by atoms with Crippen molar-refractivity contribution in [3.63, 3.8) is 0 Å². The fourth-order valence-corrected chi connectivity index (χ4v) is 1.98. The Hall–Kier alpha value is -0.200. The average Bonchev–Trinajstić information content (AvgIpc) is 2.55. The summed E-state index contributed by atoms with van der Waals surface area (Å²) in [6, 6.07) is 0. The fraction of sp³-hybridized carbons (Fsp3) is 1.00. The van der Waals surface area contributed by atoms with Gasteiger partial charge in [-0.05, 0) is 13.8 Å². The van der Waals surface area contributed by atoms with Crippen molar-refractivity contribution in [3.05, 3.63) is 0 Å². The number of hydrogen-bond acceptors (Lipinski definition) is 5. The van der Waals surface area contributed by atoms with Crippen LogP contribution in [0.4, 0.5) is 0 Å². The number of hydrogen-bond donors (Lipinski definition) is 1. The third-order valence-electron chi connectivity index (χ3n) is 2.54. The highest BCUT2D eigenvalue weighted by Gasteiger charge is 2.54. The first-order chi connectivity index (χ1) is 6.57. The van der Waals surface area contributed by atoms with Gasteiger partial charge in [0, 0.05) is 7.11 Å². The van der Waals surface area contributed by atoms with E-state index in [4.69, 9.17) is 24.1 Å². The minimum absolute atomic E-state index is 0.0847. The van der Waals surface area contributed by atoms with Crippen LogP contribution in [0.1, 0.15) is 13.8 Å². The van der Waals surface area contributed by atoms with Gasteiger partial charge in [0.1, 0.15) is 18.3 Å². The molecular weight excluding hydrogens is 188 g/mol. The average molecular weight is 204 g/mol. The monoisotopic (exact) mass is 204 g/mol. The molecule has 2 fully saturated rings. The molecule has 1 N–H and O–H groups in total. The van der Waals surface area contributed by atoms with Crippen LogP contribution in [0.25, 0.3) is 0 Å². The van der Waals surface area contributed by atoms with Crippen molar-refractivity contribution in [3.8, 4) is 0 Å². The molecule has 0 saturated carbocycles. The van der Waals surface area contributed by atoms with E-state index in [1.165, 1.54) is 0 Å². The number of methoxy groups -OCH3 is 1. The largest absolute Gasteiger partial charge is 0.394 e. The molecule has 0 aromatic rings. The Morgan fingerprint density at radius 3 is 2.64 bits per heavy atom. The highest BCUT2D eigenvalue weighted by molar-refractivity contribution is 4.93. The number of aliphatic hydroxyl groups excluding tert-OH is 1. The Labute approximate surface area is 82.9 Å². The smallest absolute Gasteiger partial charge is 0.190 e. The molecule has 2 aliphatic rings. The van der Waals surface area contributed by atoms with Crippen molar-refractivity contribution in [2.75, 3.05) is 13.7 Å². The van der Waals surface area contributed by atoms with E-state index in [0.717, 1.165) is 0 Å². The van der Waals surface area contributed by atoms with Gasteiger partial charge in [0.25, 0.3) is 0 Å². The van der Waals surface area contributed by atoms with Crippen molar-refractivity contribution in [1.29, 1.82) is 0 Å². The maximum atomic E-state index is 9.04. The lowest BCUT2D eigenvalue weighted by Crippen LogP contribution is -2.37.